The Morgan fingerprint density at radius 1 is 0.806 bits per heavy atom. The maximum Gasteiger partial charge on any atom is 0.257 e. The zero-order valence-corrected chi connectivity index (χ0v) is 18.2. The van der Waals surface area contributed by atoms with Crippen LogP contribution in [0.5, 0.6) is 0 Å². The third kappa shape index (κ3) is 6.76. The van der Waals surface area contributed by atoms with Crippen LogP contribution in [0.3, 0.4) is 0 Å². The van der Waals surface area contributed by atoms with Gasteiger partial charge in [-0.1, -0.05) is 61.9 Å². The Kier molecular flexibility index (Phi) is 7.90. The average Bonchev–Trinajstić information content (AvgIpc) is 2.78. The standard InChI is InChI=1S/C25H25N3O2S/c1-2-3-12-23(29)26-21-10-7-11-22(17-21)27-25(31)28-24(30)20-15-13-19(14-16-20)18-8-5-4-6-9-18/h4-11,13-17H,2-3,12H2,1H3,(H,26,29)(H2,27,28,30,31). The van der Waals surface area contributed by atoms with Crippen molar-refractivity contribution in [2.24, 2.45) is 0 Å². The lowest BCUT2D eigenvalue weighted by molar-refractivity contribution is -0.116. The van der Waals surface area contributed by atoms with E-state index in [0.29, 0.717) is 23.4 Å². The SMILES string of the molecule is CCCCC(=O)Nc1cccc(NC(=S)NC(=O)c2ccc(-c3ccccc3)cc2)c1. The first-order chi connectivity index (χ1) is 15.0. The van der Waals surface area contributed by atoms with E-state index in [4.69, 9.17) is 12.2 Å². The van der Waals surface area contributed by atoms with Crippen LogP contribution >= 0.6 is 12.2 Å². The van der Waals surface area contributed by atoms with E-state index in [-0.39, 0.29) is 16.9 Å². The maximum atomic E-state index is 12.5. The third-order valence-corrected chi connectivity index (χ3v) is 4.85. The van der Waals surface area contributed by atoms with Gasteiger partial charge in [-0.25, -0.2) is 0 Å². The molecule has 5 nitrogen and oxygen atoms in total. The van der Waals surface area contributed by atoms with E-state index in [0.717, 1.165) is 24.0 Å². The molecule has 3 N–H and O–H groups in total. The molecular formula is C25H25N3O2S. The van der Waals surface area contributed by atoms with Crippen molar-refractivity contribution in [3.8, 4) is 11.1 Å². The molecular weight excluding hydrogens is 406 g/mol. The number of carbonyl (C=O) groups excluding carboxylic acids is 2. The number of nitrogens with one attached hydrogen (secondary N) is 3. The van der Waals surface area contributed by atoms with Crippen molar-refractivity contribution in [1.29, 1.82) is 0 Å². The second-order valence-electron chi connectivity index (χ2n) is 7.08. The Balaban J connectivity index is 1.56. The lowest BCUT2D eigenvalue weighted by Crippen LogP contribution is -2.34. The molecule has 0 aromatic heterocycles. The van der Waals surface area contributed by atoms with Crippen LogP contribution in [0.2, 0.25) is 0 Å². The number of amides is 2. The van der Waals surface area contributed by atoms with Crippen LogP contribution in [0.25, 0.3) is 11.1 Å². The lowest BCUT2D eigenvalue weighted by Gasteiger charge is -2.12. The molecule has 0 aliphatic rings. The van der Waals surface area contributed by atoms with E-state index in [1.165, 1.54) is 0 Å². The van der Waals surface area contributed by atoms with Crippen LogP contribution in [0, 0.1) is 0 Å². The molecule has 0 unspecified atom stereocenters. The molecule has 0 saturated carbocycles. The summed E-state index contributed by atoms with van der Waals surface area (Å²) < 4.78 is 0. The summed E-state index contributed by atoms with van der Waals surface area (Å²) in [5.74, 6) is -0.310. The van der Waals surface area contributed by atoms with Crippen molar-refractivity contribution < 1.29 is 9.59 Å². The van der Waals surface area contributed by atoms with Gasteiger partial charge in [-0.05, 0) is 60.1 Å². The minimum atomic E-state index is -0.291. The zero-order valence-electron chi connectivity index (χ0n) is 17.4. The van der Waals surface area contributed by atoms with Gasteiger partial charge in [0, 0.05) is 23.4 Å². The summed E-state index contributed by atoms with van der Waals surface area (Å²) in [5, 5.41) is 8.72. The monoisotopic (exact) mass is 431 g/mol. The molecule has 2 amide bonds. The first-order valence-corrected chi connectivity index (χ1v) is 10.6. The summed E-state index contributed by atoms with van der Waals surface area (Å²) in [6, 6.07) is 24.5. The minimum absolute atomic E-state index is 0.0196. The predicted molar refractivity (Wildman–Crippen MR) is 130 cm³/mol. The van der Waals surface area contributed by atoms with Gasteiger partial charge < -0.3 is 10.6 Å². The minimum Gasteiger partial charge on any atom is -0.332 e. The Labute approximate surface area is 187 Å². The van der Waals surface area contributed by atoms with Crippen molar-refractivity contribution in [2.45, 2.75) is 26.2 Å². The summed E-state index contributed by atoms with van der Waals surface area (Å²) in [7, 11) is 0. The van der Waals surface area contributed by atoms with Crippen LogP contribution < -0.4 is 16.0 Å². The molecule has 0 radical (unpaired) electrons. The molecule has 6 heteroatoms. The summed E-state index contributed by atoms with van der Waals surface area (Å²) >= 11 is 5.27. The largest absolute Gasteiger partial charge is 0.332 e. The van der Waals surface area contributed by atoms with E-state index in [9.17, 15) is 9.59 Å². The number of hydrogen-bond acceptors (Lipinski definition) is 3. The number of carbonyl (C=O) groups is 2. The van der Waals surface area contributed by atoms with Crippen molar-refractivity contribution in [3.63, 3.8) is 0 Å². The molecule has 0 aliphatic heterocycles. The van der Waals surface area contributed by atoms with Crippen molar-refractivity contribution >= 4 is 40.5 Å². The Morgan fingerprint density at radius 2 is 1.45 bits per heavy atom. The fraction of sp³-hybridized carbons (Fsp3) is 0.160. The van der Waals surface area contributed by atoms with Gasteiger partial charge in [0.2, 0.25) is 5.91 Å². The molecule has 0 aliphatic carbocycles. The summed E-state index contributed by atoms with van der Waals surface area (Å²) in [4.78, 5) is 24.4. The Hall–Kier alpha value is -3.51. The molecule has 0 fully saturated rings. The third-order valence-electron chi connectivity index (χ3n) is 4.64. The molecule has 158 valence electrons. The van der Waals surface area contributed by atoms with E-state index >= 15 is 0 Å². The van der Waals surface area contributed by atoms with E-state index in [1.807, 2.05) is 67.6 Å². The van der Waals surface area contributed by atoms with Gasteiger partial charge >= 0.3 is 0 Å². The molecule has 31 heavy (non-hydrogen) atoms. The van der Waals surface area contributed by atoms with Crippen molar-refractivity contribution in [3.05, 3.63) is 84.4 Å². The fourth-order valence-corrected chi connectivity index (χ4v) is 3.23. The maximum absolute atomic E-state index is 12.5. The van der Waals surface area contributed by atoms with Crippen LogP contribution in [0.15, 0.2) is 78.9 Å². The quantitative estimate of drug-likeness (QED) is 0.425. The van der Waals surface area contributed by atoms with Gasteiger partial charge in [-0.15, -0.1) is 0 Å². The van der Waals surface area contributed by atoms with Crippen LogP contribution in [-0.4, -0.2) is 16.9 Å². The molecule has 0 heterocycles. The van der Waals surface area contributed by atoms with Crippen molar-refractivity contribution in [1.82, 2.24) is 5.32 Å². The number of thiocarbonyl (C=S) groups is 1. The highest BCUT2D eigenvalue weighted by Crippen LogP contribution is 2.19. The van der Waals surface area contributed by atoms with Crippen LogP contribution in [-0.2, 0) is 4.79 Å². The summed E-state index contributed by atoms with van der Waals surface area (Å²) in [6.07, 6.45) is 2.32. The smallest absolute Gasteiger partial charge is 0.257 e. The second-order valence-corrected chi connectivity index (χ2v) is 7.49. The van der Waals surface area contributed by atoms with Crippen LogP contribution in [0.4, 0.5) is 11.4 Å². The first kappa shape index (κ1) is 22.2. The number of anilines is 2. The van der Waals surface area contributed by atoms with E-state index in [1.54, 1.807) is 18.2 Å². The number of hydrogen-bond donors (Lipinski definition) is 3. The van der Waals surface area contributed by atoms with Gasteiger partial charge in [0.15, 0.2) is 5.11 Å². The average molecular weight is 432 g/mol. The van der Waals surface area contributed by atoms with Gasteiger partial charge in [0.25, 0.3) is 5.91 Å². The number of benzene rings is 3. The molecule has 0 atom stereocenters. The van der Waals surface area contributed by atoms with Crippen LogP contribution in [0.1, 0.15) is 36.5 Å². The zero-order chi connectivity index (χ0) is 22.1. The van der Waals surface area contributed by atoms with Gasteiger partial charge in [0.05, 0.1) is 0 Å². The lowest BCUT2D eigenvalue weighted by atomic mass is 10.0. The summed E-state index contributed by atoms with van der Waals surface area (Å²) in [5.41, 5.74) is 4.00. The van der Waals surface area contributed by atoms with E-state index < -0.39 is 0 Å². The molecule has 3 aromatic carbocycles. The number of rotatable bonds is 7. The Morgan fingerprint density at radius 3 is 2.13 bits per heavy atom. The summed E-state index contributed by atoms with van der Waals surface area (Å²) in [6.45, 7) is 2.05. The molecule has 3 rings (SSSR count). The highest BCUT2D eigenvalue weighted by atomic mass is 32.1. The van der Waals surface area contributed by atoms with Crippen molar-refractivity contribution in [2.75, 3.05) is 10.6 Å². The highest BCUT2D eigenvalue weighted by Gasteiger charge is 2.09. The molecule has 0 saturated heterocycles. The first-order valence-electron chi connectivity index (χ1n) is 10.2. The molecule has 0 bridgehead atoms. The van der Waals surface area contributed by atoms with Gasteiger partial charge in [-0.2, -0.15) is 0 Å². The Bertz CT molecular complexity index is 1050. The number of unbranched alkanes of at least 4 members (excludes halogenated alkanes) is 1. The predicted octanol–water partition coefficient (Wildman–Crippen LogP) is 5.61. The highest BCUT2D eigenvalue weighted by molar-refractivity contribution is 7.80. The van der Waals surface area contributed by atoms with Gasteiger partial charge in [-0.3, -0.25) is 14.9 Å². The van der Waals surface area contributed by atoms with E-state index in [2.05, 4.69) is 16.0 Å². The second kappa shape index (κ2) is 11.0. The molecule has 3 aromatic rings. The topological polar surface area (TPSA) is 70.2 Å². The fourth-order valence-electron chi connectivity index (χ4n) is 3.02. The van der Waals surface area contributed by atoms with Gasteiger partial charge in [0.1, 0.15) is 0 Å². The molecule has 0 spiro atoms. The normalized spacial score (nSPS) is 10.2.